The molecule has 1 amide bonds. The maximum Gasteiger partial charge on any atom is 0.236 e. The van der Waals surface area contributed by atoms with Crippen molar-refractivity contribution in [1.82, 2.24) is 10.2 Å². The minimum absolute atomic E-state index is 0.208. The van der Waals surface area contributed by atoms with E-state index in [2.05, 4.69) is 17.5 Å². The Balaban J connectivity index is 1.60. The van der Waals surface area contributed by atoms with Crippen LogP contribution >= 0.6 is 0 Å². The van der Waals surface area contributed by atoms with Gasteiger partial charge in [0.15, 0.2) is 0 Å². The van der Waals surface area contributed by atoms with Crippen LogP contribution in [-0.2, 0) is 9.53 Å². The highest BCUT2D eigenvalue weighted by molar-refractivity contribution is 5.78. The van der Waals surface area contributed by atoms with Gasteiger partial charge < -0.3 is 15.0 Å². The summed E-state index contributed by atoms with van der Waals surface area (Å²) in [6, 6.07) is 0. The Morgan fingerprint density at radius 1 is 1.35 bits per heavy atom. The summed E-state index contributed by atoms with van der Waals surface area (Å²) < 4.78 is 5.23. The van der Waals surface area contributed by atoms with Crippen molar-refractivity contribution in [2.75, 3.05) is 39.4 Å². The Bertz CT molecular complexity index is 273. The summed E-state index contributed by atoms with van der Waals surface area (Å²) in [6.45, 7) is 4.28. The van der Waals surface area contributed by atoms with Gasteiger partial charge in [-0.2, -0.15) is 0 Å². The number of hydrogen-bond acceptors (Lipinski definition) is 3. The van der Waals surface area contributed by atoms with Gasteiger partial charge in [0, 0.05) is 13.1 Å². The number of nitrogens with zero attached hydrogens (tertiary/aromatic N) is 1. The van der Waals surface area contributed by atoms with E-state index in [1.54, 1.807) is 0 Å². The van der Waals surface area contributed by atoms with Gasteiger partial charge in [-0.1, -0.05) is 12.2 Å². The molecule has 4 heteroatoms. The highest BCUT2D eigenvalue weighted by Gasteiger charge is 2.16. The Kier molecular flexibility index (Phi) is 5.01. The predicted octanol–water partition coefficient (Wildman–Crippen LogP) is 0.791. The van der Waals surface area contributed by atoms with E-state index in [0.29, 0.717) is 25.7 Å². The molecule has 0 bridgehead atoms. The fourth-order valence-corrected chi connectivity index (χ4v) is 2.35. The van der Waals surface area contributed by atoms with Crippen molar-refractivity contribution in [2.24, 2.45) is 5.92 Å². The normalized spacial score (nSPS) is 24.9. The number of morpholine rings is 1. The SMILES string of the molecule is O=C(CNCC1CC=CCC1)N1CCOCC1. The molecule has 17 heavy (non-hydrogen) atoms. The Morgan fingerprint density at radius 3 is 2.88 bits per heavy atom. The van der Waals surface area contributed by atoms with Crippen LogP contribution in [0.2, 0.25) is 0 Å². The first kappa shape index (κ1) is 12.6. The van der Waals surface area contributed by atoms with E-state index in [1.807, 2.05) is 4.90 Å². The molecule has 1 fully saturated rings. The number of carbonyl (C=O) groups excluding carboxylic acids is 1. The van der Waals surface area contributed by atoms with Gasteiger partial charge in [0.2, 0.25) is 5.91 Å². The van der Waals surface area contributed by atoms with Crippen LogP contribution in [-0.4, -0.2) is 50.2 Å². The second-order valence-electron chi connectivity index (χ2n) is 4.77. The van der Waals surface area contributed by atoms with E-state index >= 15 is 0 Å². The number of ether oxygens (including phenoxy) is 1. The first-order valence-electron chi connectivity index (χ1n) is 6.57. The van der Waals surface area contributed by atoms with Crippen LogP contribution in [0, 0.1) is 5.92 Å². The number of carbonyl (C=O) groups is 1. The van der Waals surface area contributed by atoms with Gasteiger partial charge in [-0.05, 0) is 31.7 Å². The molecule has 1 aliphatic carbocycles. The van der Waals surface area contributed by atoms with E-state index in [4.69, 9.17) is 4.74 Å². The molecule has 96 valence electrons. The Labute approximate surface area is 103 Å². The topological polar surface area (TPSA) is 41.6 Å². The summed E-state index contributed by atoms with van der Waals surface area (Å²) in [7, 11) is 0. The van der Waals surface area contributed by atoms with Gasteiger partial charge in [-0.25, -0.2) is 0 Å². The zero-order valence-corrected chi connectivity index (χ0v) is 10.4. The van der Waals surface area contributed by atoms with E-state index in [-0.39, 0.29) is 5.91 Å². The molecule has 0 aromatic carbocycles. The summed E-state index contributed by atoms with van der Waals surface area (Å²) in [5.74, 6) is 0.914. The van der Waals surface area contributed by atoms with Gasteiger partial charge in [0.1, 0.15) is 0 Å². The van der Waals surface area contributed by atoms with E-state index in [9.17, 15) is 4.79 Å². The first-order chi connectivity index (χ1) is 8.36. The minimum atomic E-state index is 0.208. The van der Waals surface area contributed by atoms with Gasteiger partial charge in [-0.3, -0.25) is 4.79 Å². The average molecular weight is 238 g/mol. The summed E-state index contributed by atoms with van der Waals surface area (Å²) in [4.78, 5) is 13.7. The average Bonchev–Trinajstić information content (AvgIpc) is 2.41. The highest BCUT2D eigenvalue weighted by Crippen LogP contribution is 2.16. The largest absolute Gasteiger partial charge is 0.378 e. The van der Waals surface area contributed by atoms with Crippen LogP contribution in [0.15, 0.2) is 12.2 Å². The lowest BCUT2D eigenvalue weighted by Crippen LogP contribution is -2.45. The van der Waals surface area contributed by atoms with Gasteiger partial charge >= 0.3 is 0 Å². The lowest BCUT2D eigenvalue weighted by molar-refractivity contribution is -0.134. The molecule has 0 spiro atoms. The molecule has 0 radical (unpaired) electrons. The molecule has 2 rings (SSSR count). The molecule has 0 aromatic rings. The standard InChI is InChI=1S/C13H22N2O2/c16-13(15-6-8-17-9-7-15)11-14-10-12-4-2-1-3-5-12/h1-2,12,14H,3-11H2. The molecule has 1 unspecified atom stereocenters. The lowest BCUT2D eigenvalue weighted by Gasteiger charge is -2.27. The van der Waals surface area contributed by atoms with Crippen molar-refractivity contribution in [2.45, 2.75) is 19.3 Å². The molecular formula is C13H22N2O2. The third-order valence-corrected chi connectivity index (χ3v) is 3.45. The van der Waals surface area contributed by atoms with E-state index in [1.165, 1.54) is 12.8 Å². The third kappa shape index (κ3) is 4.13. The fourth-order valence-electron chi connectivity index (χ4n) is 2.35. The summed E-state index contributed by atoms with van der Waals surface area (Å²) >= 11 is 0. The summed E-state index contributed by atoms with van der Waals surface area (Å²) in [6.07, 6.45) is 8.08. The van der Waals surface area contributed by atoms with Gasteiger partial charge in [-0.15, -0.1) is 0 Å². The summed E-state index contributed by atoms with van der Waals surface area (Å²) in [5, 5.41) is 3.29. The van der Waals surface area contributed by atoms with Crippen LogP contribution in [0.3, 0.4) is 0 Å². The lowest BCUT2D eigenvalue weighted by atomic mass is 9.94. The molecule has 1 saturated heterocycles. The first-order valence-corrected chi connectivity index (χ1v) is 6.57. The molecule has 2 aliphatic rings. The van der Waals surface area contributed by atoms with Crippen molar-refractivity contribution < 1.29 is 9.53 Å². The third-order valence-electron chi connectivity index (χ3n) is 3.45. The zero-order valence-electron chi connectivity index (χ0n) is 10.4. The van der Waals surface area contributed by atoms with Crippen LogP contribution in [0.1, 0.15) is 19.3 Å². The maximum absolute atomic E-state index is 11.8. The Morgan fingerprint density at radius 2 is 2.18 bits per heavy atom. The van der Waals surface area contributed by atoms with E-state index in [0.717, 1.165) is 26.1 Å². The van der Waals surface area contributed by atoms with Gasteiger partial charge in [0.05, 0.1) is 19.8 Å². The molecule has 0 saturated carbocycles. The number of amides is 1. The Hall–Kier alpha value is -0.870. The molecular weight excluding hydrogens is 216 g/mol. The highest BCUT2D eigenvalue weighted by atomic mass is 16.5. The fraction of sp³-hybridized carbons (Fsp3) is 0.769. The number of hydrogen-bond donors (Lipinski definition) is 1. The maximum atomic E-state index is 11.8. The predicted molar refractivity (Wildman–Crippen MR) is 66.7 cm³/mol. The van der Waals surface area contributed by atoms with Crippen LogP contribution in [0.4, 0.5) is 0 Å². The molecule has 4 nitrogen and oxygen atoms in total. The molecule has 0 aromatic heterocycles. The zero-order chi connectivity index (χ0) is 11.9. The van der Waals surface area contributed by atoms with Crippen molar-refractivity contribution in [1.29, 1.82) is 0 Å². The number of rotatable bonds is 4. The number of nitrogens with one attached hydrogen (secondary N) is 1. The van der Waals surface area contributed by atoms with Crippen LogP contribution < -0.4 is 5.32 Å². The molecule has 1 aliphatic heterocycles. The van der Waals surface area contributed by atoms with Crippen molar-refractivity contribution in [3.05, 3.63) is 12.2 Å². The van der Waals surface area contributed by atoms with Crippen molar-refractivity contribution >= 4 is 5.91 Å². The second kappa shape index (κ2) is 6.77. The van der Waals surface area contributed by atoms with Crippen LogP contribution in [0.5, 0.6) is 0 Å². The van der Waals surface area contributed by atoms with Gasteiger partial charge in [0.25, 0.3) is 0 Å². The second-order valence-corrected chi connectivity index (χ2v) is 4.77. The monoisotopic (exact) mass is 238 g/mol. The van der Waals surface area contributed by atoms with Crippen molar-refractivity contribution in [3.8, 4) is 0 Å². The van der Waals surface area contributed by atoms with E-state index < -0.39 is 0 Å². The molecule has 1 N–H and O–H groups in total. The summed E-state index contributed by atoms with van der Waals surface area (Å²) in [5.41, 5.74) is 0. The quantitative estimate of drug-likeness (QED) is 0.736. The van der Waals surface area contributed by atoms with Crippen LogP contribution in [0.25, 0.3) is 0 Å². The van der Waals surface area contributed by atoms with Crippen molar-refractivity contribution in [3.63, 3.8) is 0 Å². The smallest absolute Gasteiger partial charge is 0.236 e. The minimum Gasteiger partial charge on any atom is -0.378 e. The number of allylic oxidation sites excluding steroid dienone is 2. The molecule has 1 atom stereocenters. The molecule has 1 heterocycles.